The standard InChI is InChI=1S/C16H22BrN3O/c1-4-8-20-11-12(10-19-20)16(18-5-2)14-9-13(21-3)6-7-15(14)17/h6-7,9-11,16,18H,4-5,8H2,1-3H3. The maximum atomic E-state index is 5.35. The molecule has 114 valence electrons. The van der Waals surface area contributed by atoms with Crippen molar-refractivity contribution >= 4 is 15.9 Å². The van der Waals surface area contributed by atoms with Gasteiger partial charge in [-0.25, -0.2) is 0 Å². The molecule has 0 fully saturated rings. The molecule has 4 nitrogen and oxygen atoms in total. The highest BCUT2D eigenvalue weighted by Crippen LogP contribution is 2.31. The molecule has 1 aromatic carbocycles. The minimum absolute atomic E-state index is 0.102. The first-order valence-electron chi connectivity index (χ1n) is 7.28. The van der Waals surface area contributed by atoms with E-state index in [2.05, 4.69) is 52.5 Å². The van der Waals surface area contributed by atoms with E-state index >= 15 is 0 Å². The Morgan fingerprint density at radius 3 is 2.86 bits per heavy atom. The monoisotopic (exact) mass is 351 g/mol. The largest absolute Gasteiger partial charge is 0.497 e. The van der Waals surface area contributed by atoms with Crippen LogP contribution >= 0.6 is 15.9 Å². The van der Waals surface area contributed by atoms with Crippen LogP contribution in [-0.2, 0) is 6.54 Å². The molecule has 1 heterocycles. The molecule has 0 saturated carbocycles. The molecule has 0 aliphatic heterocycles. The first-order valence-corrected chi connectivity index (χ1v) is 8.08. The predicted octanol–water partition coefficient (Wildman–Crippen LogP) is 3.76. The summed E-state index contributed by atoms with van der Waals surface area (Å²) in [6.07, 6.45) is 5.13. The number of methoxy groups -OCH3 is 1. The minimum atomic E-state index is 0.102. The number of hydrogen-bond donors (Lipinski definition) is 1. The van der Waals surface area contributed by atoms with Gasteiger partial charge in [0.25, 0.3) is 0 Å². The molecule has 1 unspecified atom stereocenters. The van der Waals surface area contributed by atoms with Crippen LogP contribution in [0.2, 0.25) is 0 Å². The molecular formula is C16H22BrN3O. The molecule has 0 spiro atoms. The highest BCUT2D eigenvalue weighted by atomic mass is 79.9. The average molecular weight is 352 g/mol. The Labute approximate surface area is 134 Å². The van der Waals surface area contributed by atoms with Crippen LogP contribution in [0.4, 0.5) is 0 Å². The van der Waals surface area contributed by atoms with Gasteiger partial charge in [-0.05, 0) is 36.7 Å². The third kappa shape index (κ3) is 3.86. The lowest BCUT2D eigenvalue weighted by atomic mass is 10.0. The van der Waals surface area contributed by atoms with Crippen molar-refractivity contribution in [3.8, 4) is 5.75 Å². The lowest BCUT2D eigenvalue weighted by Crippen LogP contribution is -2.22. The minimum Gasteiger partial charge on any atom is -0.497 e. The quantitative estimate of drug-likeness (QED) is 0.825. The van der Waals surface area contributed by atoms with Gasteiger partial charge in [0.2, 0.25) is 0 Å². The molecule has 0 bridgehead atoms. The molecule has 1 N–H and O–H groups in total. The van der Waals surface area contributed by atoms with Crippen molar-refractivity contribution in [1.82, 2.24) is 15.1 Å². The molecular weight excluding hydrogens is 330 g/mol. The maximum absolute atomic E-state index is 5.35. The summed E-state index contributed by atoms with van der Waals surface area (Å²) < 4.78 is 8.41. The highest BCUT2D eigenvalue weighted by molar-refractivity contribution is 9.10. The number of nitrogens with one attached hydrogen (secondary N) is 1. The van der Waals surface area contributed by atoms with Crippen molar-refractivity contribution in [3.63, 3.8) is 0 Å². The van der Waals surface area contributed by atoms with Crippen molar-refractivity contribution in [1.29, 1.82) is 0 Å². The van der Waals surface area contributed by atoms with Crippen LogP contribution < -0.4 is 10.1 Å². The van der Waals surface area contributed by atoms with E-state index < -0.39 is 0 Å². The molecule has 5 heteroatoms. The van der Waals surface area contributed by atoms with E-state index in [4.69, 9.17) is 4.74 Å². The van der Waals surface area contributed by atoms with Crippen molar-refractivity contribution < 1.29 is 4.74 Å². The zero-order chi connectivity index (χ0) is 15.2. The Morgan fingerprint density at radius 1 is 1.38 bits per heavy atom. The fourth-order valence-corrected chi connectivity index (χ4v) is 2.84. The van der Waals surface area contributed by atoms with E-state index in [-0.39, 0.29) is 6.04 Å². The molecule has 2 rings (SSSR count). The normalized spacial score (nSPS) is 12.4. The summed E-state index contributed by atoms with van der Waals surface area (Å²) in [7, 11) is 1.69. The third-order valence-electron chi connectivity index (χ3n) is 3.36. The smallest absolute Gasteiger partial charge is 0.119 e. The second-order valence-corrected chi connectivity index (χ2v) is 5.77. The Morgan fingerprint density at radius 2 is 2.19 bits per heavy atom. The molecule has 0 aliphatic rings. The third-order valence-corrected chi connectivity index (χ3v) is 4.08. The maximum Gasteiger partial charge on any atom is 0.119 e. The summed E-state index contributed by atoms with van der Waals surface area (Å²) in [6, 6.07) is 6.14. The number of ether oxygens (including phenoxy) is 1. The van der Waals surface area contributed by atoms with Crippen molar-refractivity contribution in [3.05, 3.63) is 46.2 Å². The van der Waals surface area contributed by atoms with E-state index in [1.54, 1.807) is 7.11 Å². The Balaban J connectivity index is 2.37. The molecule has 2 aromatic rings. The molecule has 1 aromatic heterocycles. The van der Waals surface area contributed by atoms with Gasteiger partial charge in [0.05, 0.1) is 19.3 Å². The number of halogens is 1. The summed E-state index contributed by atoms with van der Waals surface area (Å²) >= 11 is 3.64. The average Bonchev–Trinajstić information content (AvgIpc) is 2.94. The van der Waals surface area contributed by atoms with Crippen molar-refractivity contribution in [2.45, 2.75) is 32.9 Å². The summed E-state index contributed by atoms with van der Waals surface area (Å²) in [5.41, 5.74) is 2.33. The van der Waals surface area contributed by atoms with Crippen LogP contribution in [0, 0.1) is 0 Å². The van der Waals surface area contributed by atoms with Crippen LogP contribution in [0.25, 0.3) is 0 Å². The van der Waals surface area contributed by atoms with Gasteiger partial charge in [-0.15, -0.1) is 0 Å². The number of nitrogens with zero attached hydrogens (tertiary/aromatic N) is 2. The van der Waals surface area contributed by atoms with E-state index in [1.165, 1.54) is 5.56 Å². The fourth-order valence-electron chi connectivity index (χ4n) is 2.36. The van der Waals surface area contributed by atoms with Gasteiger partial charge in [-0.3, -0.25) is 4.68 Å². The number of hydrogen-bond acceptors (Lipinski definition) is 3. The van der Waals surface area contributed by atoms with Gasteiger partial charge in [-0.2, -0.15) is 5.10 Å². The molecule has 0 aliphatic carbocycles. The zero-order valence-corrected chi connectivity index (χ0v) is 14.4. The SMILES string of the molecule is CCCn1cc(C(NCC)c2cc(OC)ccc2Br)cn1. The van der Waals surface area contributed by atoms with Crippen LogP contribution in [0.15, 0.2) is 35.1 Å². The first kappa shape index (κ1) is 16.0. The van der Waals surface area contributed by atoms with Crippen molar-refractivity contribution in [2.24, 2.45) is 0 Å². The van der Waals surface area contributed by atoms with Crippen LogP contribution in [0.3, 0.4) is 0 Å². The summed E-state index contributed by atoms with van der Waals surface area (Å²) in [6.45, 7) is 6.09. The Hall–Kier alpha value is -1.33. The van der Waals surface area contributed by atoms with E-state index in [0.29, 0.717) is 0 Å². The Kier molecular flexibility index (Phi) is 5.82. The van der Waals surface area contributed by atoms with Crippen LogP contribution in [0.5, 0.6) is 5.75 Å². The Bertz CT molecular complexity index is 583. The van der Waals surface area contributed by atoms with Gasteiger partial charge in [-0.1, -0.05) is 29.8 Å². The lowest BCUT2D eigenvalue weighted by molar-refractivity contribution is 0.413. The fraction of sp³-hybridized carbons (Fsp3) is 0.438. The van der Waals surface area contributed by atoms with E-state index in [1.807, 2.05) is 23.0 Å². The summed E-state index contributed by atoms with van der Waals surface area (Å²) in [5.74, 6) is 0.858. The number of aryl methyl sites for hydroxylation is 1. The summed E-state index contributed by atoms with van der Waals surface area (Å²) in [5, 5.41) is 7.96. The molecule has 0 saturated heterocycles. The zero-order valence-electron chi connectivity index (χ0n) is 12.8. The predicted molar refractivity (Wildman–Crippen MR) is 88.7 cm³/mol. The van der Waals surface area contributed by atoms with Gasteiger partial charge >= 0.3 is 0 Å². The number of aromatic nitrogens is 2. The second kappa shape index (κ2) is 7.61. The van der Waals surface area contributed by atoms with E-state index in [0.717, 1.165) is 35.3 Å². The highest BCUT2D eigenvalue weighted by Gasteiger charge is 2.18. The molecule has 0 amide bonds. The number of rotatable bonds is 7. The molecule has 0 radical (unpaired) electrons. The molecule has 1 atom stereocenters. The second-order valence-electron chi connectivity index (χ2n) is 4.91. The van der Waals surface area contributed by atoms with Gasteiger partial charge in [0.1, 0.15) is 5.75 Å². The van der Waals surface area contributed by atoms with E-state index in [9.17, 15) is 0 Å². The topological polar surface area (TPSA) is 39.1 Å². The number of benzene rings is 1. The van der Waals surface area contributed by atoms with Crippen molar-refractivity contribution in [2.75, 3.05) is 13.7 Å². The first-order chi connectivity index (χ1) is 10.2. The van der Waals surface area contributed by atoms with Crippen LogP contribution in [0.1, 0.15) is 37.4 Å². The van der Waals surface area contributed by atoms with Crippen LogP contribution in [-0.4, -0.2) is 23.4 Å². The lowest BCUT2D eigenvalue weighted by Gasteiger charge is -2.19. The van der Waals surface area contributed by atoms with Gasteiger partial charge in [0, 0.05) is 22.8 Å². The van der Waals surface area contributed by atoms with Gasteiger partial charge < -0.3 is 10.1 Å². The van der Waals surface area contributed by atoms with Gasteiger partial charge in [0.15, 0.2) is 0 Å². The summed E-state index contributed by atoms with van der Waals surface area (Å²) in [4.78, 5) is 0. The molecule has 21 heavy (non-hydrogen) atoms.